The second-order valence-electron chi connectivity index (χ2n) is 4.19. The number of nitrogens with one attached hydrogen (secondary N) is 1. The number of fused-ring (bicyclic) bond motifs is 1. The van der Waals surface area contributed by atoms with Crippen LogP contribution in [0.15, 0.2) is 51.4 Å². The van der Waals surface area contributed by atoms with Crippen LogP contribution in [-0.2, 0) is 0 Å². The van der Waals surface area contributed by atoms with Crippen molar-refractivity contribution in [3.63, 3.8) is 0 Å². The van der Waals surface area contributed by atoms with Gasteiger partial charge in [0.05, 0.1) is 9.99 Å². The number of hydrogen-bond acceptors (Lipinski definition) is 6. The molecule has 1 N–H and O–H groups in total. The summed E-state index contributed by atoms with van der Waals surface area (Å²) in [5, 5.41) is 5.54. The van der Waals surface area contributed by atoms with Gasteiger partial charge < -0.3 is 5.32 Å². The number of halogens is 1. The number of anilines is 1. The Kier molecular flexibility index (Phi) is 4.31. The van der Waals surface area contributed by atoms with Crippen LogP contribution in [0.2, 0.25) is 0 Å². The average molecular weight is 362 g/mol. The summed E-state index contributed by atoms with van der Waals surface area (Å²) in [6, 6.07) is 7.94. The normalized spacial score (nSPS) is 10.8. The molecule has 3 aromatic rings. The fourth-order valence-electron chi connectivity index (χ4n) is 1.84. The first-order valence-corrected chi connectivity index (χ1v) is 8.03. The third-order valence-electron chi connectivity index (χ3n) is 2.71. The maximum Gasteiger partial charge on any atom is 0.198 e. The van der Waals surface area contributed by atoms with E-state index in [4.69, 9.17) is 0 Å². The monoisotopic (exact) mass is 361 g/mol. The van der Waals surface area contributed by atoms with Crippen molar-refractivity contribution in [2.45, 2.75) is 17.2 Å². The van der Waals surface area contributed by atoms with E-state index in [1.54, 1.807) is 12.4 Å². The van der Waals surface area contributed by atoms with Crippen LogP contribution in [0, 0.1) is 0 Å². The molecule has 0 aliphatic rings. The third-order valence-corrected chi connectivity index (χ3v) is 3.87. The number of aromatic nitrogens is 4. The van der Waals surface area contributed by atoms with E-state index in [1.807, 2.05) is 31.2 Å². The van der Waals surface area contributed by atoms with Gasteiger partial charge in [0.25, 0.3) is 0 Å². The lowest BCUT2D eigenvalue weighted by Crippen LogP contribution is -2.02. The quantitative estimate of drug-likeness (QED) is 0.713. The number of nitrogens with zero attached hydrogens (tertiary/aromatic N) is 4. The van der Waals surface area contributed by atoms with Gasteiger partial charge >= 0.3 is 0 Å². The molecule has 0 aliphatic carbocycles. The molecule has 106 valence electrons. The lowest BCUT2D eigenvalue weighted by Gasteiger charge is -2.08. The summed E-state index contributed by atoms with van der Waals surface area (Å²) in [4.78, 5) is 17.6. The van der Waals surface area contributed by atoms with E-state index in [1.165, 1.54) is 11.8 Å². The van der Waals surface area contributed by atoms with Crippen molar-refractivity contribution < 1.29 is 0 Å². The summed E-state index contributed by atoms with van der Waals surface area (Å²) in [6.45, 7) is 2.85. The molecule has 0 atom stereocenters. The Morgan fingerprint density at radius 1 is 1.10 bits per heavy atom. The molecule has 0 saturated carbocycles. The van der Waals surface area contributed by atoms with E-state index in [0.29, 0.717) is 10.3 Å². The van der Waals surface area contributed by atoms with Crippen LogP contribution in [0.5, 0.6) is 0 Å². The van der Waals surface area contributed by atoms with E-state index >= 15 is 0 Å². The smallest absolute Gasteiger partial charge is 0.198 e. The number of rotatable bonds is 4. The van der Waals surface area contributed by atoms with Crippen molar-refractivity contribution in [1.82, 2.24) is 19.9 Å². The molecule has 0 unspecified atom stereocenters. The first-order valence-electron chi connectivity index (χ1n) is 6.42. The fourth-order valence-corrected chi connectivity index (χ4v) is 2.70. The molecule has 0 aliphatic heterocycles. The van der Waals surface area contributed by atoms with E-state index in [-0.39, 0.29) is 0 Å². The highest BCUT2D eigenvalue weighted by Gasteiger charge is 2.09. The Balaban J connectivity index is 2.00. The number of benzene rings is 1. The molecule has 0 fully saturated rings. The molecule has 0 bridgehead atoms. The molecule has 0 radical (unpaired) electrons. The fraction of sp³-hybridized carbons (Fsp3) is 0.143. The molecule has 2 aromatic heterocycles. The van der Waals surface area contributed by atoms with Gasteiger partial charge in [-0.3, -0.25) is 0 Å². The molecule has 1 aromatic carbocycles. The highest BCUT2D eigenvalue weighted by molar-refractivity contribution is 9.10. The van der Waals surface area contributed by atoms with Crippen molar-refractivity contribution in [3.8, 4) is 0 Å². The van der Waals surface area contributed by atoms with Crippen molar-refractivity contribution >= 4 is 44.4 Å². The number of para-hydroxylation sites is 1. The predicted molar refractivity (Wildman–Crippen MR) is 87.6 cm³/mol. The second-order valence-corrected chi connectivity index (χ2v) is 6.04. The van der Waals surface area contributed by atoms with Crippen LogP contribution in [0.4, 0.5) is 5.82 Å². The Bertz CT molecular complexity index is 763. The van der Waals surface area contributed by atoms with Gasteiger partial charge in [-0.2, -0.15) is 0 Å². The van der Waals surface area contributed by atoms with Gasteiger partial charge in [-0.15, -0.1) is 0 Å². The lowest BCUT2D eigenvalue weighted by atomic mass is 10.2. The third kappa shape index (κ3) is 3.30. The minimum atomic E-state index is 0.621. The van der Waals surface area contributed by atoms with E-state index in [2.05, 4.69) is 41.2 Å². The molecule has 3 rings (SSSR count). The molecular weight excluding hydrogens is 350 g/mol. The molecule has 0 spiro atoms. The van der Waals surface area contributed by atoms with Gasteiger partial charge in [-0.05, 0) is 46.7 Å². The van der Waals surface area contributed by atoms with Gasteiger partial charge in [0.15, 0.2) is 10.3 Å². The highest BCUT2D eigenvalue weighted by Crippen LogP contribution is 2.27. The zero-order valence-corrected chi connectivity index (χ0v) is 13.6. The van der Waals surface area contributed by atoms with Crippen LogP contribution < -0.4 is 5.32 Å². The summed E-state index contributed by atoms with van der Waals surface area (Å²) in [7, 11) is 0. The second kappa shape index (κ2) is 6.36. The Morgan fingerprint density at radius 2 is 1.86 bits per heavy atom. The standard InChI is InChI=1S/C14H12BrN5S/c1-2-16-12-10-5-3-4-6-11(10)19-14(20-12)21-13-17-7-9(15)8-18-13/h3-8H,2H2,1H3,(H,16,19,20). The summed E-state index contributed by atoms with van der Waals surface area (Å²) in [5.74, 6) is 0.836. The molecule has 5 nitrogen and oxygen atoms in total. The zero-order valence-electron chi connectivity index (χ0n) is 11.2. The van der Waals surface area contributed by atoms with E-state index < -0.39 is 0 Å². The van der Waals surface area contributed by atoms with E-state index in [9.17, 15) is 0 Å². The van der Waals surface area contributed by atoms with Gasteiger partial charge in [0.2, 0.25) is 0 Å². The molecule has 0 amide bonds. The van der Waals surface area contributed by atoms with Gasteiger partial charge in [0, 0.05) is 24.3 Å². The van der Waals surface area contributed by atoms with Crippen LogP contribution in [-0.4, -0.2) is 26.5 Å². The van der Waals surface area contributed by atoms with Gasteiger partial charge in [-0.25, -0.2) is 19.9 Å². The number of hydrogen-bond donors (Lipinski definition) is 1. The molecule has 21 heavy (non-hydrogen) atoms. The van der Waals surface area contributed by atoms with Crippen LogP contribution in [0.25, 0.3) is 10.9 Å². The molecular formula is C14H12BrN5S. The van der Waals surface area contributed by atoms with Crippen molar-refractivity contribution in [1.29, 1.82) is 0 Å². The zero-order chi connectivity index (χ0) is 14.7. The summed E-state index contributed by atoms with van der Waals surface area (Å²) < 4.78 is 0.847. The minimum absolute atomic E-state index is 0.621. The Hall–Kier alpha value is -1.73. The van der Waals surface area contributed by atoms with Gasteiger partial charge in [0.1, 0.15) is 5.82 Å². The largest absolute Gasteiger partial charge is 0.370 e. The Morgan fingerprint density at radius 3 is 2.62 bits per heavy atom. The first kappa shape index (κ1) is 14.2. The maximum absolute atomic E-state index is 4.56. The summed E-state index contributed by atoms with van der Waals surface area (Å²) in [6.07, 6.45) is 3.42. The summed E-state index contributed by atoms with van der Waals surface area (Å²) >= 11 is 4.67. The summed E-state index contributed by atoms with van der Waals surface area (Å²) in [5.41, 5.74) is 0.906. The minimum Gasteiger partial charge on any atom is -0.370 e. The van der Waals surface area contributed by atoms with Crippen LogP contribution in [0.3, 0.4) is 0 Å². The van der Waals surface area contributed by atoms with Crippen molar-refractivity contribution in [3.05, 3.63) is 41.1 Å². The molecule has 2 heterocycles. The molecule has 7 heteroatoms. The topological polar surface area (TPSA) is 63.6 Å². The van der Waals surface area contributed by atoms with Crippen LogP contribution >= 0.6 is 27.7 Å². The first-order chi connectivity index (χ1) is 10.3. The Labute approximate surface area is 134 Å². The van der Waals surface area contributed by atoms with E-state index in [0.717, 1.165) is 27.7 Å². The lowest BCUT2D eigenvalue weighted by molar-refractivity contribution is 0.933. The van der Waals surface area contributed by atoms with Crippen LogP contribution in [0.1, 0.15) is 6.92 Å². The van der Waals surface area contributed by atoms with Gasteiger partial charge in [-0.1, -0.05) is 12.1 Å². The van der Waals surface area contributed by atoms with Crippen molar-refractivity contribution in [2.24, 2.45) is 0 Å². The average Bonchev–Trinajstić information content (AvgIpc) is 2.50. The highest BCUT2D eigenvalue weighted by atomic mass is 79.9. The SMILES string of the molecule is CCNc1nc(Sc2ncc(Br)cn2)nc2ccccc12. The maximum atomic E-state index is 4.56. The van der Waals surface area contributed by atoms with Crippen molar-refractivity contribution in [2.75, 3.05) is 11.9 Å². The predicted octanol–water partition coefficient (Wildman–Crippen LogP) is 3.77. The molecule has 0 saturated heterocycles.